The van der Waals surface area contributed by atoms with Crippen LogP contribution in [-0.2, 0) is 0 Å². The Hall–Kier alpha value is 1.41. The van der Waals surface area contributed by atoms with Crippen molar-refractivity contribution >= 4 is 40.0 Å². The van der Waals surface area contributed by atoms with Crippen molar-refractivity contribution in [2.45, 2.75) is 0 Å². The smallest absolute Gasteiger partial charge is 0.445 e. The van der Waals surface area contributed by atoms with Crippen LogP contribution in [-0.4, -0.2) is 6.98 Å². The minimum Gasteiger partial charge on any atom is -0.445 e. The molecular weight excluding hydrogens is 313 g/mol. The molecule has 1 rings (SSSR count). The van der Waals surface area contributed by atoms with Crippen molar-refractivity contribution in [2.24, 2.45) is 0 Å². The molecule has 0 heterocycles. The first-order valence-electron chi connectivity index (χ1n) is 3.17. The summed E-state index contributed by atoms with van der Waals surface area (Å²) in [6.07, 6.45) is 0. The summed E-state index contributed by atoms with van der Waals surface area (Å²) in [5, 5.41) is -0.632. The van der Waals surface area contributed by atoms with Crippen LogP contribution in [0.5, 0.6) is 0 Å². The zero-order valence-corrected chi connectivity index (χ0v) is 12.5. The van der Waals surface area contributed by atoms with Crippen molar-refractivity contribution in [1.29, 1.82) is 0 Å². The SMILES string of the molecule is Fc1ccc(Br)c(Cl)c1[B-](F)(F)F.[K+]. The molecule has 0 aliphatic carbocycles. The number of rotatable bonds is 1. The molecule has 1 aromatic carbocycles. The summed E-state index contributed by atoms with van der Waals surface area (Å²) < 4.78 is 49.4. The van der Waals surface area contributed by atoms with E-state index >= 15 is 0 Å². The van der Waals surface area contributed by atoms with Gasteiger partial charge in [-0.05, 0) is 28.1 Å². The van der Waals surface area contributed by atoms with Gasteiger partial charge in [0, 0.05) is 9.50 Å². The van der Waals surface area contributed by atoms with Crippen molar-refractivity contribution in [2.75, 3.05) is 0 Å². The monoisotopic (exact) mass is 314 g/mol. The molecule has 0 saturated carbocycles. The summed E-state index contributed by atoms with van der Waals surface area (Å²) in [7, 11) is 0. The zero-order chi connectivity index (χ0) is 10.2. The topological polar surface area (TPSA) is 0 Å². The molecular formula is C6H2BBrClF4K. The third-order valence-corrected chi connectivity index (χ3v) is 2.70. The molecule has 0 amide bonds. The van der Waals surface area contributed by atoms with Crippen LogP contribution in [0.25, 0.3) is 0 Å². The Morgan fingerprint density at radius 1 is 1.21 bits per heavy atom. The molecule has 0 aromatic heterocycles. The Morgan fingerprint density at radius 3 is 2.07 bits per heavy atom. The van der Waals surface area contributed by atoms with Crippen LogP contribution in [0.2, 0.25) is 5.02 Å². The van der Waals surface area contributed by atoms with Gasteiger partial charge in [-0.25, -0.2) is 4.39 Å². The molecule has 0 radical (unpaired) electrons. The molecule has 14 heavy (non-hydrogen) atoms. The third-order valence-electron chi connectivity index (χ3n) is 1.41. The van der Waals surface area contributed by atoms with Gasteiger partial charge in [0.1, 0.15) is 0 Å². The van der Waals surface area contributed by atoms with E-state index in [4.69, 9.17) is 11.6 Å². The van der Waals surface area contributed by atoms with Gasteiger partial charge < -0.3 is 12.9 Å². The van der Waals surface area contributed by atoms with Crippen LogP contribution in [0, 0.1) is 5.82 Å². The molecule has 0 fully saturated rings. The quantitative estimate of drug-likeness (QED) is 0.397. The molecule has 0 spiro atoms. The fourth-order valence-corrected chi connectivity index (χ4v) is 1.47. The maximum absolute atomic E-state index is 12.7. The van der Waals surface area contributed by atoms with E-state index in [0.717, 1.165) is 12.1 Å². The predicted octanol–water partition coefficient (Wildman–Crippen LogP) is 0.300. The van der Waals surface area contributed by atoms with Crippen molar-refractivity contribution in [3.05, 3.63) is 27.4 Å². The van der Waals surface area contributed by atoms with Crippen molar-refractivity contribution < 1.29 is 68.7 Å². The van der Waals surface area contributed by atoms with Gasteiger partial charge in [-0.15, -0.1) is 0 Å². The first-order chi connectivity index (χ1) is 5.84. The molecule has 0 saturated heterocycles. The molecule has 0 nitrogen and oxygen atoms in total. The van der Waals surface area contributed by atoms with Crippen LogP contribution >= 0.6 is 27.5 Å². The van der Waals surface area contributed by atoms with E-state index in [1.165, 1.54) is 0 Å². The maximum Gasteiger partial charge on any atom is 1.00 e. The van der Waals surface area contributed by atoms with E-state index in [-0.39, 0.29) is 55.9 Å². The fourth-order valence-electron chi connectivity index (χ4n) is 0.843. The normalized spacial score (nSPS) is 11.0. The number of benzene rings is 1. The second-order valence-electron chi connectivity index (χ2n) is 2.33. The predicted molar refractivity (Wildman–Crippen MR) is 47.8 cm³/mol. The van der Waals surface area contributed by atoms with Gasteiger partial charge in [-0.2, -0.15) is 0 Å². The van der Waals surface area contributed by atoms with Crippen molar-refractivity contribution in [3.8, 4) is 0 Å². The van der Waals surface area contributed by atoms with Gasteiger partial charge in [-0.1, -0.05) is 17.1 Å². The Labute approximate surface area is 134 Å². The van der Waals surface area contributed by atoms with Crippen LogP contribution in [0.15, 0.2) is 16.6 Å². The summed E-state index contributed by atoms with van der Waals surface area (Å²) in [5.74, 6) is -1.35. The number of hydrogen-bond donors (Lipinski definition) is 0. The zero-order valence-electron chi connectivity index (χ0n) is 7.00. The van der Waals surface area contributed by atoms with E-state index in [9.17, 15) is 17.3 Å². The molecule has 8 heteroatoms. The first-order valence-corrected chi connectivity index (χ1v) is 4.34. The summed E-state index contributed by atoms with van der Waals surface area (Å²) in [4.78, 5) is 0. The van der Waals surface area contributed by atoms with Crippen molar-refractivity contribution in [1.82, 2.24) is 0 Å². The Bertz CT molecular complexity index is 343. The van der Waals surface area contributed by atoms with Gasteiger partial charge in [0.2, 0.25) is 0 Å². The third kappa shape index (κ3) is 3.47. The number of hydrogen-bond acceptors (Lipinski definition) is 0. The molecule has 0 atom stereocenters. The van der Waals surface area contributed by atoms with E-state index < -0.39 is 23.3 Å². The molecule has 1 aromatic rings. The van der Waals surface area contributed by atoms with Crippen LogP contribution in [0.1, 0.15) is 0 Å². The minimum atomic E-state index is -5.41. The second-order valence-corrected chi connectivity index (χ2v) is 3.56. The van der Waals surface area contributed by atoms with Crippen LogP contribution in [0.3, 0.4) is 0 Å². The molecule has 0 unspecified atom stereocenters. The fraction of sp³-hybridized carbons (Fsp3) is 0. The molecule has 0 aliphatic heterocycles. The summed E-state index contributed by atoms with van der Waals surface area (Å²) in [6, 6.07) is 1.85. The second kappa shape index (κ2) is 5.65. The Kier molecular flexibility index (Phi) is 6.22. The maximum atomic E-state index is 12.7. The van der Waals surface area contributed by atoms with Crippen LogP contribution < -0.4 is 56.8 Å². The van der Waals surface area contributed by atoms with E-state index in [1.54, 1.807) is 0 Å². The number of halogens is 6. The van der Waals surface area contributed by atoms with E-state index in [1.807, 2.05) is 0 Å². The Balaban J connectivity index is 0.00000169. The Morgan fingerprint density at radius 2 is 1.71 bits per heavy atom. The molecule has 0 N–H and O–H groups in total. The van der Waals surface area contributed by atoms with Crippen LogP contribution in [0.4, 0.5) is 17.3 Å². The van der Waals surface area contributed by atoms with Gasteiger partial charge in [0.05, 0.1) is 5.82 Å². The van der Waals surface area contributed by atoms with Gasteiger partial charge >= 0.3 is 58.4 Å². The van der Waals surface area contributed by atoms with Gasteiger partial charge in [0.25, 0.3) is 0 Å². The van der Waals surface area contributed by atoms with Crippen molar-refractivity contribution in [3.63, 3.8) is 0 Å². The molecule has 72 valence electrons. The van der Waals surface area contributed by atoms with E-state index in [2.05, 4.69) is 15.9 Å². The average molecular weight is 315 g/mol. The first kappa shape index (κ1) is 15.4. The van der Waals surface area contributed by atoms with E-state index in [0.29, 0.717) is 0 Å². The summed E-state index contributed by atoms with van der Waals surface area (Å²) in [6.45, 7) is -5.41. The van der Waals surface area contributed by atoms with Gasteiger partial charge in [-0.3, -0.25) is 0 Å². The largest absolute Gasteiger partial charge is 1.00 e. The molecule has 0 bridgehead atoms. The van der Waals surface area contributed by atoms with Gasteiger partial charge in [0.15, 0.2) is 0 Å². The summed E-state index contributed by atoms with van der Waals surface area (Å²) >= 11 is 8.08. The standard InChI is InChI=1S/C6H2BBrClF4.K/c8-3-1-2-4(10)5(6(3)9)7(11,12)13;/h1-2H;/q-1;+1. The molecule has 0 aliphatic rings. The minimum absolute atomic E-state index is 0. The average Bonchev–Trinajstić information content (AvgIpc) is 1.95. The summed E-state index contributed by atoms with van der Waals surface area (Å²) in [5.41, 5.74) is -1.38.